The van der Waals surface area contributed by atoms with Gasteiger partial charge in [0.25, 0.3) is 0 Å². The maximum atomic E-state index is 12.5. The standard InChI is InChI=1S/C15H23NO4S/c1-11-6-4-5-7-13(11)16-21(17,18)12-8-9-14(19-2)15(10-12)20-3/h8-11,13,16H,4-7H2,1-3H3/t11-,13+/m0/s1. The van der Waals surface area contributed by atoms with Gasteiger partial charge in [-0.1, -0.05) is 19.8 Å². The van der Waals surface area contributed by atoms with Gasteiger partial charge in [0.15, 0.2) is 11.5 Å². The monoisotopic (exact) mass is 313 g/mol. The molecule has 2 atom stereocenters. The lowest BCUT2D eigenvalue weighted by atomic mass is 9.87. The molecule has 0 aliphatic heterocycles. The van der Waals surface area contributed by atoms with E-state index in [9.17, 15) is 8.42 Å². The average Bonchev–Trinajstić information content (AvgIpc) is 2.48. The normalized spacial score (nSPS) is 22.8. The summed E-state index contributed by atoms with van der Waals surface area (Å²) in [7, 11) is -0.523. The molecule has 1 fully saturated rings. The maximum Gasteiger partial charge on any atom is 0.240 e. The summed E-state index contributed by atoms with van der Waals surface area (Å²) in [5, 5.41) is 0. The van der Waals surface area contributed by atoms with Crippen LogP contribution in [0.4, 0.5) is 0 Å². The fourth-order valence-electron chi connectivity index (χ4n) is 2.74. The highest BCUT2D eigenvalue weighted by Crippen LogP contribution is 2.30. The van der Waals surface area contributed by atoms with Gasteiger partial charge in [-0.2, -0.15) is 0 Å². The molecule has 21 heavy (non-hydrogen) atoms. The second kappa shape index (κ2) is 6.66. The molecule has 2 rings (SSSR count). The van der Waals surface area contributed by atoms with Crippen LogP contribution in [-0.2, 0) is 10.0 Å². The molecular weight excluding hydrogens is 290 g/mol. The van der Waals surface area contributed by atoms with Gasteiger partial charge in [-0.05, 0) is 30.9 Å². The molecule has 6 heteroatoms. The van der Waals surface area contributed by atoms with E-state index in [1.54, 1.807) is 6.07 Å². The molecule has 1 saturated carbocycles. The largest absolute Gasteiger partial charge is 0.493 e. The Hall–Kier alpha value is -1.27. The highest BCUT2D eigenvalue weighted by Gasteiger charge is 2.27. The van der Waals surface area contributed by atoms with Gasteiger partial charge < -0.3 is 9.47 Å². The van der Waals surface area contributed by atoms with Gasteiger partial charge in [0.1, 0.15) is 0 Å². The van der Waals surface area contributed by atoms with Crippen LogP contribution in [0.25, 0.3) is 0 Å². The molecule has 0 saturated heterocycles. The molecule has 0 radical (unpaired) electrons. The van der Waals surface area contributed by atoms with Crippen LogP contribution in [0.1, 0.15) is 32.6 Å². The molecule has 1 aliphatic carbocycles. The van der Waals surface area contributed by atoms with Gasteiger partial charge in [-0.3, -0.25) is 0 Å². The minimum atomic E-state index is -3.54. The number of rotatable bonds is 5. The number of sulfonamides is 1. The van der Waals surface area contributed by atoms with Crippen molar-refractivity contribution in [2.75, 3.05) is 14.2 Å². The van der Waals surface area contributed by atoms with Gasteiger partial charge in [-0.15, -0.1) is 0 Å². The Kier molecular flexibility index (Phi) is 5.11. The predicted octanol–water partition coefficient (Wildman–Crippen LogP) is 2.56. The molecule has 118 valence electrons. The predicted molar refractivity (Wildman–Crippen MR) is 81.3 cm³/mol. The van der Waals surface area contributed by atoms with Crippen molar-refractivity contribution in [1.82, 2.24) is 4.72 Å². The summed E-state index contributed by atoms with van der Waals surface area (Å²) in [6.45, 7) is 2.10. The number of methoxy groups -OCH3 is 2. The second-order valence-electron chi connectivity index (χ2n) is 5.51. The Bertz CT molecular complexity index is 585. The van der Waals surface area contributed by atoms with E-state index in [1.165, 1.54) is 32.8 Å². The molecule has 0 spiro atoms. The molecule has 0 unspecified atom stereocenters. The van der Waals surface area contributed by atoms with Crippen molar-refractivity contribution in [3.63, 3.8) is 0 Å². The molecule has 0 bridgehead atoms. The van der Waals surface area contributed by atoms with Gasteiger partial charge >= 0.3 is 0 Å². The van der Waals surface area contributed by atoms with Crippen LogP contribution in [0, 0.1) is 5.92 Å². The van der Waals surface area contributed by atoms with Gasteiger partial charge in [0.05, 0.1) is 19.1 Å². The third-order valence-electron chi connectivity index (χ3n) is 4.08. The Morgan fingerprint density at radius 2 is 1.76 bits per heavy atom. The molecule has 1 aliphatic rings. The zero-order valence-electron chi connectivity index (χ0n) is 12.8. The summed E-state index contributed by atoms with van der Waals surface area (Å²) < 4.78 is 38.1. The smallest absolute Gasteiger partial charge is 0.240 e. The number of hydrogen-bond donors (Lipinski definition) is 1. The van der Waals surface area contributed by atoms with E-state index in [1.807, 2.05) is 0 Å². The third-order valence-corrected chi connectivity index (χ3v) is 5.57. The van der Waals surface area contributed by atoms with E-state index in [2.05, 4.69) is 11.6 Å². The zero-order valence-corrected chi connectivity index (χ0v) is 13.6. The van der Waals surface area contributed by atoms with Crippen molar-refractivity contribution >= 4 is 10.0 Å². The lowest BCUT2D eigenvalue weighted by Gasteiger charge is -2.29. The van der Waals surface area contributed by atoms with Gasteiger partial charge in [0, 0.05) is 12.1 Å². The Balaban J connectivity index is 2.22. The molecule has 1 N–H and O–H groups in total. The first-order chi connectivity index (χ1) is 9.97. The number of hydrogen-bond acceptors (Lipinski definition) is 4. The average molecular weight is 313 g/mol. The highest BCUT2D eigenvalue weighted by molar-refractivity contribution is 7.89. The van der Waals surface area contributed by atoms with Crippen LogP contribution in [0.15, 0.2) is 23.1 Å². The van der Waals surface area contributed by atoms with E-state index in [-0.39, 0.29) is 10.9 Å². The lowest BCUT2D eigenvalue weighted by Crippen LogP contribution is -2.40. The lowest BCUT2D eigenvalue weighted by molar-refractivity contribution is 0.310. The SMILES string of the molecule is COc1ccc(S(=O)(=O)N[C@@H]2CCCC[C@@H]2C)cc1OC. The van der Waals surface area contributed by atoms with Crippen molar-refractivity contribution < 1.29 is 17.9 Å². The minimum Gasteiger partial charge on any atom is -0.493 e. The Labute approximate surface area is 126 Å². The molecule has 0 aromatic heterocycles. The summed E-state index contributed by atoms with van der Waals surface area (Å²) in [6.07, 6.45) is 4.21. The van der Waals surface area contributed by atoms with E-state index in [0.717, 1.165) is 19.3 Å². The quantitative estimate of drug-likeness (QED) is 0.907. The third kappa shape index (κ3) is 3.68. The summed E-state index contributed by atoms with van der Waals surface area (Å²) >= 11 is 0. The second-order valence-corrected chi connectivity index (χ2v) is 7.22. The summed E-state index contributed by atoms with van der Waals surface area (Å²) in [5.41, 5.74) is 0. The van der Waals surface area contributed by atoms with Crippen LogP contribution in [-0.4, -0.2) is 28.7 Å². The summed E-state index contributed by atoms with van der Waals surface area (Å²) in [4.78, 5) is 0.206. The first-order valence-corrected chi connectivity index (χ1v) is 8.70. The Morgan fingerprint density at radius 3 is 2.38 bits per heavy atom. The van der Waals surface area contributed by atoms with E-state index in [4.69, 9.17) is 9.47 Å². The minimum absolute atomic E-state index is 0.0110. The molecule has 1 aromatic rings. The van der Waals surface area contributed by atoms with Crippen molar-refractivity contribution in [1.29, 1.82) is 0 Å². The van der Waals surface area contributed by atoms with Crippen molar-refractivity contribution in [3.8, 4) is 11.5 Å². The molecule has 1 aromatic carbocycles. The van der Waals surface area contributed by atoms with Crippen LogP contribution < -0.4 is 14.2 Å². The summed E-state index contributed by atoms with van der Waals surface area (Å²) in [5.74, 6) is 1.30. The van der Waals surface area contributed by atoms with E-state index >= 15 is 0 Å². The number of ether oxygens (including phenoxy) is 2. The Morgan fingerprint density at radius 1 is 1.10 bits per heavy atom. The first-order valence-electron chi connectivity index (χ1n) is 7.22. The highest BCUT2D eigenvalue weighted by atomic mass is 32.2. The van der Waals surface area contributed by atoms with Crippen LogP contribution in [0.2, 0.25) is 0 Å². The van der Waals surface area contributed by atoms with Crippen LogP contribution >= 0.6 is 0 Å². The van der Waals surface area contributed by atoms with Crippen molar-refractivity contribution in [2.24, 2.45) is 5.92 Å². The van der Waals surface area contributed by atoms with Crippen LogP contribution in [0.5, 0.6) is 11.5 Å². The fourth-order valence-corrected chi connectivity index (χ4v) is 4.14. The number of nitrogens with one attached hydrogen (secondary N) is 1. The van der Waals surface area contributed by atoms with Crippen molar-refractivity contribution in [2.45, 2.75) is 43.5 Å². The molecule has 0 heterocycles. The maximum absolute atomic E-state index is 12.5. The van der Waals surface area contributed by atoms with Crippen LogP contribution in [0.3, 0.4) is 0 Å². The van der Waals surface area contributed by atoms with Crippen molar-refractivity contribution in [3.05, 3.63) is 18.2 Å². The van der Waals surface area contributed by atoms with E-state index in [0.29, 0.717) is 17.4 Å². The van der Waals surface area contributed by atoms with E-state index < -0.39 is 10.0 Å². The fraction of sp³-hybridized carbons (Fsp3) is 0.600. The molecule has 0 amide bonds. The van der Waals surface area contributed by atoms with Gasteiger partial charge in [0.2, 0.25) is 10.0 Å². The zero-order chi connectivity index (χ0) is 15.5. The molecule has 5 nitrogen and oxygen atoms in total. The van der Waals surface area contributed by atoms with Gasteiger partial charge in [-0.25, -0.2) is 13.1 Å². The number of benzene rings is 1. The molecular formula is C15H23NO4S. The first kappa shape index (κ1) is 16.1. The summed E-state index contributed by atoms with van der Waals surface area (Å²) in [6, 6.07) is 4.65. The topological polar surface area (TPSA) is 64.6 Å².